The number of halogens is 1. The van der Waals surface area contributed by atoms with Crippen molar-refractivity contribution >= 4 is 34.8 Å². The molecule has 1 spiro atoms. The zero-order valence-electron chi connectivity index (χ0n) is 13.0. The zero-order chi connectivity index (χ0) is 16.4. The molecule has 126 valence electrons. The Morgan fingerprint density at radius 3 is 2.65 bits per heavy atom. The van der Waals surface area contributed by atoms with Gasteiger partial charge in [-0.15, -0.1) is 11.3 Å². The number of aliphatic carboxylic acids is 1. The summed E-state index contributed by atoms with van der Waals surface area (Å²) in [6.45, 7) is 3.33. The van der Waals surface area contributed by atoms with E-state index in [1.54, 1.807) is 11.3 Å². The summed E-state index contributed by atoms with van der Waals surface area (Å²) < 4.78 is 0.823. The molecule has 5 nitrogen and oxygen atoms in total. The van der Waals surface area contributed by atoms with Crippen LogP contribution in [0.5, 0.6) is 0 Å². The van der Waals surface area contributed by atoms with Crippen molar-refractivity contribution in [3.63, 3.8) is 0 Å². The number of rotatable bonds is 4. The Kier molecular flexibility index (Phi) is 4.94. The fraction of sp³-hybridized carbons (Fsp3) is 0.625. The molecule has 2 saturated heterocycles. The maximum atomic E-state index is 11.9. The average molecular weight is 357 g/mol. The van der Waals surface area contributed by atoms with E-state index in [0.717, 1.165) is 43.2 Å². The van der Waals surface area contributed by atoms with Gasteiger partial charge in [0.1, 0.15) is 6.54 Å². The second-order valence-electron chi connectivity index (χ2n) is 6.63. The van der Waals surface area contributed by atoms with Crippen LogP contribution in [-0.4, -0.2) is 53.0 Å². The Morgan fingerprint density at radius 1 is 1.30 bits per heavy atom. The Morgan fingerprint density at radius 2 is 2.04 bits per heavy atom. The number of carbonyl (C=O) groups excluding carboxylic acids is 1. The molecule has 3 heterocycles. The predicted octanol–water partition coefficient (Wildman–Crippen LogP) is 2.69. The third-order valence-corrected chi connectivity index (χ3v) is 6.22. The number of nitrogens with zero attached hydrogens (tertiary/aromatic N) is 2. The van der Waals surface area contributed by atoms with Crippen molar-refractivity contribution in [2.75, 3.05) is 26.2 Å². The molecule has 0 atom stereocenters. The van der Waals surface area contributed by atoms with Gasteiger partial charge in [-0.3, -0.25) is 14.5 Å². The predicted molar refractivity (Wildman–Crippen MR) is 89.7 cm³/mol. The Balaban J connectivity index is 1.56. The third-order valence-electron chi connectivity index (χ3n) is 5.00. The van der Waals surface area contributed by atoms with Crippen LogP contribution in [0, 0.1) is 5.41 Å². The molecule has 1 N–H and O–H groups in total. The lowest BCUT2D eigenvalue weighted by Crippen LogP contribution is -2.52. The summed E-state index contributed by atoms with van der Waals surface area (Å²) in [5.74, 6) is -0.948. The number of carboxylic acid groups (broad SMARTS) is 1. The summed E-state index contributed by atoms with van der Waals surface area (Å²) in [5.41, 5.74) is 0.104. The first-order chi connectivity index (χ1) is 11.0. The van der Waals surface area contributed by atoms with E-state index in [-0.39, 0.29) is 17.9 Å². The van der Waals surface area contributed by atoms with Crippen LogP contribution >= 0.6 is 22.9 Å². The van der Waals surface area contributed by atoms with Crippen LogP contribution in [0.25, 0.3) is 0 Å². The molecular weight excluding hydrogens is 336 g/mol. The van der Waals surface area contributed by atoms with E-state index in [4.69, 9.17) is 16.7 Å². The second kappa shape index (κ2) is 6.79. The number of hydrogen-bond acceptors (Lipinski definition) is 4. The van der Waals surface area contributed by atoms with E-state index >= 15 is 0 Å². The second-order valence-corrected chi connectivity index (χ2v) is 8.43. The van der Waals surface area contributed by atoms with Gasteiger partial charge in [0.05, 0.1) is 4.34 Å². The molecule has 0 bridgehead atoms. The molecule has 0 unspecified atom stereocenters. The highest BCUT2D eigenvalue weighted by atomic mass is 35.5. The topological polar surface area (TPSA) is 60.9 Å². The number of hydrogen-bond donors (Lipinski definition) is 1. The summed E-state index contributed by atoms with van der Waals surface area (Å²) in [6, 6.07) is 4.01. The molecule has 2 aliphatic rings. The lowest BCUT2D eigenvalue weighted by molar-refractivity contribution is -0.149. The van der Waals surface area contributed by atoms with Crippen molar-refractivity contribution in [2.45, 2.75) is 32.2 Å². The van der Waals surface area contributed by atoms with Crippen LogP contribution in [0.15, 0.2) is 12.1 Å². The molecular formula is C16H21ClN2O3S. The zero-order valence-corrected chi connectivity index (χ0v) is 14.5. The quantitative estimate of drug-likeness (QED) is 0.901. The number of piperidine rings is 2. The Labute approximate surface area is 144 Å². The molecule has 0 aliphatic carbocycles. The van der Waals surface area contributed by atoms with Gasteiger partial charge in [0.25, 0.3) is 0 Å². The maximum absolute atomic E-state index is 11.9. The summed E-state index contributed by atoms with van der Waals surface area (Å²) in [7, 11) is 0. The molecule has 3 rings (SSSR count). The molecule has 1 amide bonds. The number of likely N-dealkylation sites (tertiary alicyclic amines) is 2. The highest BCUT2D eigenvalue weighted by Gasteiger charge is 2.41. The van der Waals surface area contributed by atoms with E-state index in [2.05, 4.69) is 11.0 Å². The molecule has 1 aromatic rings. The largest absolute Gasteiger partial charge is 0.480 e. The van der Waals surface area contributed by atoms with Crippen LogP contribution in [0.2, 0.25) is 4.34 Å². The van der Waals surface area contributed by atoms with Crippen molar-refractivity contribution in [2.24, 2.45) is 5.41 Å². The van der Waals surface area contributed by atoms with E-state index in [1.165, 1.54) is 9.78 Å². The normalized spacial score (nSPS) is 21.8. The highest BCUT2D eigenvalue weighted by molar-refractivity contribution is 7.16. The van der Waals surface area contributed by atoms with Gasteiger partial charge in [-0.1, -0.05) is 11.6 Å². The lowest BCUT2D eigenvalue weighted by atomic mass is 9.72. The Hall–Kier alpha value is -1.11. The van der Waals surface area contributed by atoms with Gasteiger partial charge in [0, 0.05) is 24.4 Å². The average Bonchev–Trinajstić information content (AvgIpc) is 2.91. The smallest absolute Gasteiger partial charge is 0.323 e. The fourth-order valence-corrected chi connectivity index (χ4v) is 4.79. The molecule has 7 heteroatoms. The first kappa shape index (κ1) is 16.7. The monoisotopic (exact) mass is 356 g/mol. The van der Waals surface area contributed by atoms with Crippen LogP contribution in [0.1, 0.15) is 30.6 Å². The van der Waals surface area contributed by atoms with Crippen molar-refractivity contribution in [1.29, 1.82) is 0 Å². The van der Waals surface area contributed by atoms with Gasteiger partial charge in [0.15, 0.2) is 0 Å². The van der Waals surface area contributed by atoms with Crippen LogP contribution < -0.4 is 0 Å². The van der Waals surface area contributed by atoms with Crippen molar-refractivity contribution < 1.29 is 14.7 Å². The number of carboxylic acids is 1. The number of amides is 1. The van der Waals surface area contributed by atoms with Gasteiger partial charge in [0.2, 0.25) is 5.91 Å². The SMILES string of the molecule is O=C(O)CN1CC2(CCC1=O)CCN(Cc1ccc(Cl)s1)CC2. The number of carbonyl (C=O) groups is 2. The molecule has 2 aliphatic heterocycles. The fourth-order valence-electron chi connectivity index (χ4n) is 3.66. The van der Waals surface area contributed by atoms with E-state index < -0.39 is 5.97 Å². The van der Waals surface area contributed by atoms with Gasteiger partial charge >= 0.3 is 5.97 Å². The summed E-state index contributed by atoms with van der Waals surface area (Å²) in [6.07, 6.45) is 3.42. The molecule has 2 fully saturated rings. The van der Waals surface area contributed by atoms with Gasteiger partial charge in [-0.25, -0.2) is 0 Å². The van der Waals surface area contributed by atoms with Crippen LogP contribution in [0.4, 0.5) is 0 Å². The summed E-state index contributed by atoms with van der Waals surface area (Å²) in [5, 5.41) is 8.97. The van der Waals surface area contributed by atoms with Gasteiger partial charge in [-0.2, -0.15) is 0 Å². The highest BCUT2D eigenvalue weighted by Crippen LogP contribution is 2.40. The van der Waals surface area contributed by atoms with Crippen LogP contribution in [0.3, 0.4) is 0 Å². The van der Waals surface area contributed by atoms with E-state index in [1.807, 2.05) is 6.07 Å². The number of thiophene rings is 1. The van der Waals surface area contributed by atoms with Crippen molar-refractivity contribution in [3.8, 4) is 0 Å². The summed E-state index contributed by atoms with van der Waals surface area (Å²) >= 11 is 7.60. The van der Waals surface area contributed by atoms with Crippen molar-refractivity contribution in [3.05, 3.63) is 21.3 Å². The van der Waals surface area contributed by atoms with Gasteiger partial charge in [-0.05, 0) is 49.9 Å². The van der Waals surface area contributed by atoms with Crippen molar-refractivity contribution in [1.82, 2.24) is 9.80 Å². The minimum absolute atomic E-state index is 0.0197. The summed E-state index contributed by atoms with van der Waals surface area (Å²) in [4.78, 5) is 28.1. The lowest BCUT2D eigenvalue weighted by Gasteiger charge is -2.47. The van der Waals surface area contributed by atoms with Crippen LogP contribution in [-0.2, 0) is 16.1 Å². The molecule has 0 radical (unpaired) electrons. The minimum atomic E-state index is -0.928. The van der Waals surface area contributed by atoms with E-state index in [9.17, 15) is 9.59 Å². The third kappa shape index (κ3) is 4.05. The molecule has 23 heavy (non-hydrogen) atoms. The molecule has 0 saturated carbocycles. The first-order valence-corrected chi connectivity index (χ1v) is 9.11. The Bertz CT molecular complexity index is 596. The first-order valence-electron chi connectivity index (χ1n) is 7.92. The minimum Gasteiger partial charge on any atom is -0.480 e. The maximum Gasteiger partial charge on any atom is 0.323 e. The van der Waals surface area contributed by atoms with Gasteiger partial charge < -0.3 is 10.0 Å². The molecule has 1 aromatic heterocycles. The van der Waals surface area contributed by atoms with E-state index in [0.29, 0.717) is 13.0 Å². The molecule has 0 aromatic carbocycles. The standard InChI is InChI=1S/C16H21ClN2O3S/c17-13-2-1-12(23-13)9-18-7-5-16(6-8-18)4-3-14(20)19(11-16)10-15(21)22/h1-2H,3-11H2,(H,21,22).